The van der Waals surface area contributed by atoms with Gasteiger partial charge in [0.2, 0.25) is 0 Å². The van der Waals surface area contributed by atoms with Gasteiger partial charge in [-0.3, -0.25) is 0 Å². The summed E-state index contributed by atoms with van der Waals surface area (Å²) in [6, 6.07) is 14.2. The summed E-state index contributed by atoms with van der Waals surface area (Å²) in [6.07, 6.45) is 0.870. The number of benzene rings is 2. The van der Waals surface area contributed by atoms with E-state index in [2.05, 4.69) is 5.32 Å². The van der Waals surface area contributed by atoms with Gasteiger partial charge in [-0.15, -0.1) is 0 Å². The van der Waals surface area contributed by atoms with E-state index in [4.69, 9.17) is 9.47 Å². The van der Waals surface area contributed by atoms with Crippen molar-refractivity contribution < 1.29 is 13.9 Å². The quantitative estimate of drug-likeness (QED) is 0.758. The zero-order valence-electron chi connectivity index (χ0n) is 12.1. The summed E-state index contributed by atoms with van der Waals surface area (Å²) in [5.74, 6) is 1.29. The maximum Gasteiger partial charge on any atom is 0.161 e. The second-order valence-electron chi connectivity index (χ2n) is 4.63. The molecule has 0 saturated heterocycles. The highest BCUT2D eigenvalue weighted by molar-refractivity contribution is 5.39. The molecule has 0 atom stereocenters. The van der Waals surface area contributed by atoms with Crippen molar-refractivity contribution in [3.8, 4) is 11.5 Å². The van der Waals surface area contributed by atoms with E-state index in [1.165, 1.54) is 12.1 Å². The van der Waals surface area contributed by atoms with Crippen molar-refractivity contribution in [2.24, 2.45) is 0 Å². The second-order valence-corrected chi connectivity index (χ2v) is 4.63. The van der Waals surface area contributed by atoms with Crippen LogP contribution in [-0.2, 0) is 6.42 Å². The fourth-order valence-corrected chi connectivity index (χ4v) is 1.98. The van der Waals surface area contributed by atoms with Crippen LogP contribution in [0, 0.1) is 5.82 Å². The molecule has 0 unspecified atom stereocenters. The highest BCUT2D eigenvalue weighted by atomic mass is 19.1. The molecule has 4 heteroatoms. The van der Waals surface area contributed by atoms with Gasteiger partial charge >= 0.3 is 0 Å². The summed E-state index contributed by atoms with van der Waals surface area (Å²) in [4.78, 5) is 0. The van der Waals surface area contributed by atoms with Crippen LogP contribution in [0.15, 0.2) is 48.5 Å². The van der Waals surface area contributed by atoms with Crippen molar-refractivity contribution in [1.82, 2.24) is 5.32 Å². The molecule has 0 bridgehead atoms. The predicted octanol–water partition coefficient (Wildman–Crippen LogP) is 3.05. The van der Waals surface area contributed by atoms with Crippen molar-refractivity contribution in [3.63, 3.8) is 0 Å². The fraction of sp³-hybridized carbons (Fsp3) is 0.294. The molecule has 0 aliphatic rings. The topological polar surface area (TPSA) is 30.5 Å². The molecule has 0 heterocycles. The van der Waals surface area contributed by atoms with Gasteiger partial charge in [-0.05, 0) is 42.8 Å². The third-order valence-corrected chi connectivity index (χ3v) is 3.11. The van der Waals surface area contributed by atoms with Gasteiger partial charge in [0.05, 0.1) is 7.11 Å². The molecule has 2 rings (SSSR count). The average molecular weight is 289 g/mol. The lowest BCUT2D eigenvalue weighted by atomic mass is 10.1. The molecular formula is C17H20FNO2. The lowest BCUT2D eigenvalue weighted by molar-refractivity contribution is 0.292. The molecule has 112 valence electrons. The van der Waals surface area contributed by atoms with Gasteiger partial charge in [-0.25, -0.2) is 4.39 Å². The van der Waals surface area contributed by atoms with E-state index in [0.717, 1.165) is 36.6 Å². The molecule has 0 spiro atoms. The van der Waals surface area contributed by atoms with Crippen LogP contribution in [0.2, 0.25) is 0 Å². The van der Waals surface area contributed by atoms with Crippen molar-refractivity contribution >= 4 is 0 Å². The predicted molar refractivity (Wildman–Crippen MR) is 81.5 cm³/mol. The van der Waals surface area contributed by atoms with Crippen LogP contribution in [0.5, 0.6) is 11.5 Å². The first kappa shape index (κ1) is 15.3. The third-order valence-electron chi connectivity index (χ3n) is 3.11. The number of nitrogens with one attached hydrogen (secondary N) is 1. The normalized spacial score (nSPS) is 10.4. The number of ether oxygens (including phenoxy) is 2. The Morgan fingerprint density at radius 3 is 2.38 bits per heavy atom. The molecule has 0 aromatic heterocycles. The number of rotatable bonds is 8. The zero-order chi connectivity index (χ0) is 14.9. The number of halogens is 1. The maximum atomic E-state index is 12.8. The minimum absolute atomic E-state index is 0.197. The molecule has 0 amide bonds. The second kappa shape index (κ2) is 8.27. The van der Waals surface area contributed by atoms with E-state index in [0.29, 0.717) is 6.61 Å². The van der Waals surface area contributed by atoms with E-state index in [9.17, 15) is 4.39 Å². The van der Waals surface area contributed by atoms with Gasteiger partial charge in [0.25, 0.3) is 0 Å². The first-order valence-corrected chi connectivity index (χ1v) is 7.00. The number of methoxy groups -OCH3 is 1. The highest BCUT2D eigenvalue weighted by Gasteiger charge is 2.01. The van der Waals surface area contributed by atoms with E-state index >= 15 is 0 Å². The van der Waals surface area contributed by atoms with Gasteiger partial charge in [0, 0.05) is 6.54 Å². The highest BCUT2D eigenvalue weighted by Crippen LogP contribution is 2.25. The van der Waals surface area contributed by atoms with Crippen molar-refractivity contribution in [2.45, 2.75) is 6.42 Å². The summed E-state index contributed by atoms with van der Waals surface area (Å²) in [7, 11) is 1.63. The standard InChI is InChI=1S/C17H20FNO2/c1-20-16-4-2-3-5-17(16)21-13-12-19-11-10-14-6-8-15(18)9-7-14/h2-9,19H,10-13H2,1H3. The number of hydrogen-bond acceptors (Lipinski definition) is 3. The van der Waals surface area contributed by atoms with Crippen LogP contribution >= 0.6 is 0 Å². The first-order valence-electron chi connectivity index (χ1n) is 7.00. The average Bonchev–Trinajstić information content (AvgIpc) is 2.53. The van der Waals surface area contributed by atoms with Gasteiger partial charge in [0.1, 0.15) is 12.4 Å². The van der Waals surface area contributed by atoms with E-state index in [1.54, 1.807) is 7.11 Å². The summed E-state index contributed by atoms with van der Waals surface area (Å²) in [5.41, 5.74) is 1.12. The van der Waals surface area contributed by atoms with Gasteiger partial charge in [0.15, 0.2) is 11.5 Å². The summed E-state index contributed by atoms with van der Waals surface area (Å²) in [6.45, 7) is 2.16. The lowest BCUT2D eigenvalue weighted by Gasteiger charge is -2.10. The largest absolute Gasteiger partial charge is 0.493 e. The molecule has 1 N–H and O–H groups in total. The van der Waals surface area contributed by atoms with Gasteiger partial charge < -0.3 is 14.8 Å². The lowest BCUT2D eigenvalue weighted by Crippen LogP contribution is -2.23. The Kier molecular flexibility index (Phi) is 6.03. The SMILES string of the molecule is COc1ccccc1OCCNCCc1ccc(F)cc1. The van der Waals surface area contributed by atoms with Crippen LogP contribution in [0.25, 0.3) is 0 Å². The molecular weight excluding hydrogens is 269 g/mol. The molecule has 2 aromatic carbocycles. The molecule has 21 heavy (non-hydrogen) atoms. The Morgan fingerprint density at radius 1 is 0.952 bits per heavy atom. The number of para-hydroxylation sites is 2. The third kappa shape index (κ3) is 5.08. The monoisotopic (exact) mass is 289 g/mol. The van der Waals surface area contributed by atoms with Crippen LogP contribution in [0.3, 0.4) is 0 Å². The van der Waals surface area contributed by atoms with Crippen LogP contribution in [0.4, 0.5) is 4.39 Å². The summed E-state index contributed by atoms with van der Waals surface area (Å²) < 4.78 is 23.6. The Hall–Kier alpha value is -2.07. The minimum Gasteiger partial charge on any atom is -0.493 e. The molecule has 0 fully saturated rings. The Balaban J connectivity index is 1.63. The smallest absolute Gasteiger partial charge is 0.161 e. The summed E-state index contributed by atoms with van der Waals surface area (Å²) >= 11 is 0. The fourth-order valence-electron chi connectivity index (χ4n) is 1.98. The van der Waals surface area contributed by atoms with Crippen molar-refractivity contribution in [1.29, 1.82) is 0 Å². The molecule has 3 nitrogen and oxygen atoms in total. The van der Waals surface area contributed by atoms with Crippen LogP contribution in [-0.4, -0.2) is 26.8 Å². The molecule has 2 aromatic rings. The Bertz CT molecular complexity index is 543. The minimum atomic E-state index is -0.197. The first-order chi connectivity index (χ1) is 10.3. The van der Waals surface area contributed by atoms with Crippen molar-refractivity contribution in [3.05, 3.63) is 59.9 Å². The number of hydrogen-bond donors (Lipinski definition) is 1. The molecule has 0 aliphatic heterocycles. The molecule has 0 aliphatic carbocycles. The summed E-state index contributed by atoms with van der Waals surface area (Å²) in [5, 5.41) is 3.30. The Labute approximate surface area is 124 Å². The van der Waals surface area contributed by atoms with Gasteiger partial charge in [-0.2, -0.15) is 0 Å². The van der Waals surface area contributed by atoms with Crippen molar-refractivity contribution in [2.75, 3.05) is 26.8 Å². The van der Waals surface area contributed by atoms with Gasteiger partial charge in [-0.1, -0.05) is 24.3 Å². The Morgan fingerprint density at radius 2 is 1.67 bits per heavy atom. The van der Waals surface area contributed by atoms with Crippen LogP contribution in [0.1, 0.15) is 5.56 Å². The van der Waals surface area contributed by atoms with E-state index in [1.807, 2.05) is 36.4 Å². The molecule has 0 radical (unpaired) electrons. The maximum absolute atomic E-state index is 12.8. The van der Waals surface area contributed by atoms with E-state index < -0.39 is 0 Å². The van der Waals surface area contributed by atoms with E-state index in [-0.39, 0.29) is 5.82 Å². The zero-order valence-corrected chi connectivity index (χ0v) is 12.1. The van der Waals surface area contributed by atoms with Crippen LogP contribution < -0.4 is 14.8 Å². The molecule has 0 saturated carbocycles.